The molecule has 1 fully saturated rings. The highest BCUT2D eigenvalue weighted by atomic mass is 19.1. The molecule has 30 heavy (non-hydrogen) atoms. The molecule has 6 nitrogen and oxygen atoms in total. The maximum atomic E-state index is 13.5. The van der Waals surface area contributed by atoms with Crippen molar-refractivity contribution in [3.05, 3.63) is 95.4 Å². The molecule has 1 saturated heterocycles. The van der Waals surface area contributed by atoms with E-state index < -0.39 is 23.5 Å². The number of anilines is 1. The Labute approximate surface area is 171 Å². The molecule has 4 rings (SSSR count). The molecule has 0 unspecified atom stereocenters. The summed E-state index contributed by atoms with van der Waals surface area (Å²) in [6, 6.07) is 15.9. The zero-order valence-electron chi connectivity index (χ0n) is 15.9. The number of nitrogens with zero attached hydrogens (tertiary/aromatic N) is 2. The van der Waals surface area contributed by atoms with Gasteiger partial charge in [-0.1, -0.05) is 30.3 Å². The Morgan fingerprint density at radius 1 is 1.07 bits per heavy atom. The van der Waals surface area contributed by atoms with Crippen molar-refractivity contribution in [1.82, 2.24) is 4.98 Å². The number of carbonyl (C=O) groups is 2. The van der Waals surface area contributed by atoms with Crippen molar-refractivity contribution in [2.45, 2.75) is 6.04 Å². The fourth-order valence-electron chi connectivity index (χ4n) is 3.45. The third kappa shape index (κ3) is 3.30. The lowest BCUT2D eigenvalue weighted by Crippen LogP contribution is -2.30. The molecule has 3 aromatic rings. The van der Waals surface area contributed by atoms with E-state index in [1.54, 1.807) is 42.5 Å². The second kappa shape index (κ2) is 7.79. The van der Waals surface area contributed by atoms with Gasteiger partial charge in [0.25, 0.3) is 5.78 Å². The van der Waals surface area contributed by atoms with Crippen LogP contribution in [0.3, 0.4) is 0 Å². The van der Waals surface area contributed by atoms with Gasteiger partial charge < -0.3 is 9.84 Å². The third-order valence-corrected chi connectivity index (χ3v) is 4.87. The number of benzene rings is 2. The number of rotatable bonds is 4. The van der Waals surface area contributed by atoms with Crippen molar-refractivity contribution in [2.24, 2.45) is 0 Å². The molecule has 0 radical (unpaired) electrons. The van der Waals surface area contributed by atoms with Gasteiger partial charge in [0.2, 0.25) is 0 Å². The van der Waals surface area contributed by atoms with Crippen LogP contribution in [0.5, 0.6) is 5.75 Å². The number of aliphatic hydroxyl groups is 1. The highest BCUT2D eigenvalue weighted by Gasteiger charge is 2.47. The number of aliphatic hydroxyl groups excluding tert-OH is 1. The van der Waals surface area contributed by atoms with Crippen LogP contribution in [-0.4, -0.2) is 28.9 Å². The SMILES string of the molecule is COc1cccc(/C(O)=C2\C(=O)C(=O)N(c3ccccn3)[C@H]2c2ccc(F)cc2)c1. The van der Waals surface area contributed by atoms with Crippen LogP contribution >= 0.6 is 0 Å². The number of hydrogen-bond acceptors (Lipinski definition) is 5. The molecule has 0 spiro atoms. The Bertz CT molecular complexity index is 1140. The summed E-state index contributed by atoms with van der Waals surface area (Å²) in [7, 11) is 1.48. The average Bonchev–Trinajstić information content (AvgIpc) is 3.05. The van der Waals surface area contributed by atoms with Gasteiger partial charge in [-0.25, -0.2) is 9.37 Å². The van der Waals surface area contributed by atoms with Crippen LogP contribution in [0, 0.1) is 5.82 Å². The fourth-order valence-corrected chi connectivity index (χ4v) is 3.45. The highest BCUT2D eigenvalue weighted by Crippen LogP contribution is 2.41. The molecule has 0 aliphatic carbocycles. The third-order valence-electron chi connectivity index (χ3n) is 4.87. The van der Waals surface area contributed by atoms with Crippen LogP contribution in [0.4, 0.5) is 10.2 Å². The predicted molar refractivity (Wildman–Crippen MR) is 108 cm³/mol. The number of amides is 1. The van der Waals surface area contributed by atoms with Crippen LogP contribution in [0.1, 0.15) is 17.2 Å². The second-order valence-corrected chi connectivity index (χ2v) is 6.64. The van der Waals surface area contributed by atoms with Crippen LogP contribution in [0.2, 0.25) is 0 Å². The van der Waals surface area contributed by atoms with E-state index in [0.717, 1.165) is 0 Å². The summed E-state index contributed by atoms with van der Waals surface area (Å²) in [6.07, 6.45) is 1.50. The Balaban J connectivity index is 1.94. The van der Waals surface area contributed by atoms with Crippen molar-refractivity contribution in [3.8, 4) is 5.75 Å². The van der Waals surface area contributed by atoms with Gasteiger partial charge in [-0.3, -0.25) is 14.5 Å². The van der Waals surface area contributed by atoms with Gasteiger partial charge in [0.1, 0.15) is 23.1 Å². The van der Waals surface area contributed by atoms with E-state index in [4.69, 9.17) is 4.74 Å². The van der Waals surface area contributed by atoms with Gasteiger partial charge in [-0.05, 0) is 42.0 Å². The first-order valence-corrected chi connectivity index (χ1v) is 9.13. The zero-order chi connectivity index (χ0) is 21.3. The summed E-state index contributed by atoms with van der Waals surface area (Å²) >= 11 is 0. The molecule has 0 saturated carbocycles. The number of ketones is 1. The minimum Gasteiger partial charge on any atom is -0.507 e. The van der Waals surface area contributed by atoms with Crippen LogP contribution in [0.25, 0.3) is 5.76 Å². The first-order chi connectivity index (χ1) is 14.5. The fraction of sp³-hybridized carbons (Fsp3) is 0.0870. The standard InChI is InChI=1S/C23H17FN2O4/c1-30-17-6-4-5-15(13-17)21(27)19-20(14-8-10-16(24)11-9-14)26(23(29)22(19)28)18-7-2-3-12-25-18/h2-13,20,27H,1H3/b21-19+/t20-/m0/s1. The van der Waals surface area contributed by atoms with Crippen molar-refractivity contribution < 1.29 is 23.8 Å². The molecule has 1 aliphatic rings. The quantitative estimate of drug-likeness (QED) is 0.406. The number of Topliss-reactive ketones (excluding diaryl/α,β-unsaturated/α-hetero) is 1. The number of methoxy groups -OCH3 is 1. The average molecular weight is 404 g/mol. The summed E-state index contributed by atoms with van der Waals surface area (Å²) in [4.78, 5) is 31.3. The Morgan fingerprint density at radius 2 is 1.83 bits per heavy atom. The van der Waals surface area contributed by atoms with Gasteiger partial charge in [0, 0.05) is 11.8 Å². The topological polar surface area (TPSA) is 79.7 Å². The first kappa shape index (κ1) is 19.3. The van der Waals surface area contributed by atoms with Gasteiger partial charge in [-0.15, -0.1) is 0 Å². The van der Waals surface area contributed by atoms with E-state index in [-0.39, 0.29) is 17.2 Å². The molecule has 0 bridgehead atoms. The smallest absolute Gasteiger partial charge is 0.301 e. The Morgan fingerprint density at radius 3 is 2.50 bits per heavy atom. The monoisotopic (exact) mass is 404 g/mol. The van der Waals surface area contributed by atoms with Crippen molar-refractivity contribution in [3.63, 3.8) is 0 Å². The normalized spacial score (nSPS) is 17.9. The van der Waals surface area contributed by atoms with Gasteiger partial charge in [-0.2, -0.15) is 0 Å². The lowest BCUT2D eigenvalue weighted by Gasteiger charge is -2.24. The Hall–Kier alpha value is -4.00. The van der Waals surface area contributed by atoms with E-state index in [1.165, 1.54) is 42.5 Å². The molecule has 1 amide bonds. The minimum atomic E-state index is -0.966. The number of pyridine rings is 1. The Kier molecular flexibility index (Phi) is 5.02. The summed E-state index contributed by atoms with van der Waals surface area (Å²) in [5.41, 5.74) is 0.677. The number of aromatic nitrogens is 1. The van der Waals surface area contributed by atoms with E-state index in [9.17, 15) is 19.1 Å². The summed E-state index contributed by atoms with van der Waals surface area (Å²) < 4.78 is 18.7. The molecule has 2 heterocycles. The maximum Gasteiger partial charge on any atom is 0.301 e. The zero-order valence-corrected chi connectivity index (χ0v) is 15.9. The van der Waals surface area contributed by atoms with Gasteiger partial charge in [0.05, 0.1) is 18.7 Å². The molecule has 1 aliphatic heterocycles. The molecule has 150 valence electrons. The number of halogens is 1. The summed E-state index contributed by atoms with van der Waals surface area (Å²) in [5.74, 6) is -1.75. The molecular formula is C23H17FN2O4. The van der Waals surface area contributed by atoms with Crippen molar-refractivity contribution in [2.75, 3.05) is 12.0 Å². The molecule has 1 atom stereocenters. The minimum absolute atomic E-state index is 0.106. The largest absolute Gasteiger partial charge is 0.507 e. The van der Waals surface area contributed by atoms with E-state index >= 15 is 0 Å². The van der Waals surface area contributed by atoms with Gasteiger partial charge >= 0.3 is 5.91 Å². The number of hydrogen-bond donors (Lipinski definition) is 1. The molecule has 7 heteroatoms. The molecular weight excluding hydrogens is 387 g/mol. The van der Waals surface area contributed by atoms with Crippen molar-refractivity contribution >= 4 is 23.3 Å². The van der Waals surface area contributed by atoms with E-state index in [1.807, 2.05) is 0 Å². The van der Waals surface area contributed by atoms with Crippen molar-refractivity contribution in [1.29, 1.82) is 0 Å². The second-order valence-electron chi connectivity index (χ2n) is 6.64. The van der Waals surface area contributed by atoms with Crippen LogP contribution in [0.15, 0.2) is 78.5 Å². The predicted octanol–water partition coefficient (Wildman–Crippen LogP) is 3.86. The lowest BCUT2D eigenvalue weighted by atomic mass is 9.95. The molecule has 1 N–H and O–H groups in total. The van der Waals surface area contributed by atoms with E-state index in [0.29, 0.717) is 16.9 Å². The maximum absolute atomic E-state index is 13.5. The lowest BCUT2D eigenvalue weighted by molar-refractivity contribution is -0.132. The van der Waals surface area contributed by atoms with Gasteiger partial charge in [0.15, 0.2) is 0 Å². The number of carbonyl (C=O) groups excluding carboxylic acids is 2. The van der Waals surface area contributed by atoms with Crippen LogP contribution < -0.4 is 9.64 Å². The summed E-state index contributed by atoms with van der Waals surface area (Å²) in [5, 5.41) is 11.0. The first-order valence-electron chi connectivity index (χ1n) is 9.13. The van der Waals surface area contributed by atoms with E-state index in [2.05, 4.69) is 4.98 Å². The molecule has 2 aromatic carbocycles. The molecule has 1 aromatic heterocycles. The summed E-state index contributed by atoms with van der Waals surface area (Å²) in [6.45, 7) is 0. The number of ether oxygens (including phenoxy) is 1. The highest BCUT2D eigenvalue weighted by molar-refractivity contribution is 6.51. The van der Waals surface area contributed by atoms with Crippen LogP contribution in [-0.2, 0) is 9.59 Å².